The second-order valence-electron chi connectivity index (χ2n) is 3.30. The van der Waals surface area contributed by atoms with Gasteiger partial charge in [-0.05, 0) is 0 Å². The quantitative estimate of drug-likeness (QED) is 0.113. The molecule has 0 rings (SSSR count). The van der Waals surface area contributed by atoms with Crippen LogP contribution in [0.1, 0.15) is 6.92 Å². The van der Waals surface area contributed by atoms with E-state index in [1.54, 1.807) is 0 Å². The van der Waals surface area contributed by atoms with Crippen LogP contribution in [0.4, 0.5) is 0 Å². The number of nitrogens with zero attached hydrogens (tertiary/aromatic N) is 1. The van der Waals surface area contributed by atoms with Crippen LogP contribution in [0.2, 0.25) is 0 Å². The summed E-state index contributed by atoms with van der Waals surface area (Å²) < 4.78 is 10.7. The van der Waals surface area contributed by atoms with Gasteiger partial charge in [-0.1, -0.05) is 5.16 Å². The molecule has 0 heterocycles. The van der Waals surface area contributed by atoms with Crippen molar-refractivity contribution in [3.8, 4) is 0 Å². The fourth-order valence-corrected chi connectivity index (χ4v) is 2.63. The van der Waals surface area contributed by atoms with Crippen molar-refractivity contribution >= 4 is 36.3 Å². The van der Waals surface area contributed by atoms with E-state index < -0.39 is 36.4 Å². The standard InChI is InChI=1S/C7H13N2O8PS/c1-3(10)8-4(6(11)12)2-19-5(9-14)7(13)18(15,16)17/h4,7,13-14H,2H2,1H3,(H,8,10)(H,11,12)(H2,15,16,17). The lowest BCUT2D eigenvalue weighted by molar-refractivity contribution is -0.140. The first kappa shape index (κ1) is 17.9. The minimum Gasteiger partial charge on any atom is -0.480 e. The summed E-state index contributed by atoms with van der Waals surface area (Å²) in [5.74, 6) is -4.74. The smallest absolute Gasteiger partial charge is 0.360 e. The fraction of sp³-hybridized carbons (Fsp3) is 0.571. The van der Waals surface area contributed by atoms with Gasteiger partial charge in [-0.3, -0.25) is 9.36 Å². The Morgan fingerprint density at radius 2 is 1.95 bits per heavy atom. The first-order valence-corrected chi connectivity index (χ1v) is 7.34. The molecule has 0 aromatic heterocycles. The number of aliphatic hydroxyl groups is 1. The first-order valence-electron chi connectivity index (χ1n) is 4.67. The molecular formula is C7H13N2O8PS. The molecule has 1 amide bonds. The third-order valence-electron chi connectivity index (χ3n) is 1.71. The average Bonchev–Trinajstić information content (AvgIpc) is 2.25. The third kappa shape index (κ3) is 6.55. The van der Waals surface area contributed by atoms with Crippen molar-refractivity contribution in [1.82, 2.24) is 5.32 Å². The number of aliphatic carboxylic acids is 1. The molecule has 0 fully saturated rings. The van der Waals surface area contributed by atoms with Crippen molar-refractivity contribution in [2.45, 2.75) is 18.8 Å². The molecule has 2 unspecified atom stereocenters. The average molecular weight is 316 g/mol. The topological polar surface area (TPSA) is 177 Å². The minimum absolute atomic E-state index is 0.384. The summed E-state index contributed by atoms with van der Waals surface area (Å²) in [6.07, 6.45) is 0. The number of carbonyl (C=O) groups is 2. The summed E-state index contributed by atoms with van der Waals surface area (Å²) in [7, 11) is -4.93. The lowest BCUT2D eigenvalue weighted by Gasteiger charge is -2.16. The highest BCUT2D eigenvalue weighted by Crippen LogP contribution is 2.42. The molecule has 0 bridgehead atoms. The van der Waals surface area contributed by atoms with E-state index >= 15 is 0 Å². The van der Waals surface area contributed by atoms with Gasteiger partial charge in [-0.2, -0.15) is 0 Å². The van der Waals surface area contributed by atoms with Gasteiger partial charge in [0, 0.05) is 12.7 Å². The van der Waals surface area contributed by atoms with Crippen molar-refractivity contribution in [1.29, 1.82) is 0 Å². The molecule has 110 valence electrons. The zero-order valence-electron chi connectivity index (χ0n) is 9.63. The van der Waals surface area contributed by atoms with Crippen LogP contribution < -0.4 is 5.32 Å². The number of thioether (sulfide) groups is 1. The third-order valence-corrected chi connectivity index (χ3v) is 3.87. The number of aliphatic hydroxyl groups excluding tert-OH is 1. The Hall–Kier alpha value is -1.13. The van der Waals surface area contributed by atoms with E-state index in [9.17, 15) is 14.2 Å². The van der Waals surface area contributed by atoms with Crippen LogP contribution in [0.3, 0.4) is 0 Å². The lowest BCUT2D eigenvalue weighted by Crippen LogP contribution is -2.42. The van der Waals surface area contributed by atoms with E-state index in [2.05, 4.69) is 10.5 Å². The maximum absolute atomic E-state index is 10.8. The summed E-state index contributed by atoms with van der Waals surface area (Å²) in [5, 5.41) is 30.3. The number of carboxylic acid groups (broad SMARTS) is 1. The maximum Gasteiger partial charge on any atom is 0.360 e. The molecule has 6 N–H and O–H groups in total. The molecule has 19 heavy (non-hydrogen) atoms. The number of nitrogens with one attached hydrogen (secondary N) is 1. The number of carboxylic acids is 1. The summed E-state index contributed by atoms with van der Waals surface area (Å²) in [6.45, 7) is 1.09. The van der Waals surface area contributed by atoms with Crippen LogP contribution in [-0.2, 0) is 14.2 Å². The van der Waals surface area contributed by atoms with E-state index in [1.807, 2.05) is 0 Å². The van der Waals surface area contributed by atoms with Crippen molar-refractivity contribution in [3.63, 3.8) is 0 Å². The molecule has 0 spiro atoms. The summed E-state index contributed by atoms with van der Waals surface area (Å²) in [6, 6.07) is -1.36. The van der Waals surface area contributed by atoms with Gasteiger partial charge in [0.2, 0.25) is 11.8 Å². The van der Waals surface area contributed by atoms with Gasteiger partial charge in [0.15, 0.2) is 5.04 Å². The van der Waals surface area contributed by atoms with E-state index in [0.717, 1.165) is 6.92 Å². The maximum atomic E-state index is 10.8. The highest BCUT2D eigenvalue weighted by atomic mass is 32.2. The number of oxime groups is 1. The largest absolute Gasteiger partial charge is 0.480 e. The van der Waals surface area contributed by atoms with Gasteiger partial charge in [-0.25, -0.2) is 4.79 Å². The molecule has 0 aliphatic carbocycles. The Balaban J connectivity index is 4.70. The van der Waals surface area contributed by atoms with Gasteiger partial charge >= 0.3 is 13.6 Å². The number of rotatable bonds is 6. The van der Waals surface area contributed by atoms with E-state index in [4.69, 9.17) is 25.2 Å². The van der Waals surface area contributed by atoms with Crippen LogP contribution >= 0.6 is 19.4 Å². The summed E-state index contributed by atoms with van der Waals surface area (Å²) >= 11 is 0.397. The molecule has 0 saturated carbocycles. The van der Waals surface area contributed by atoms with Crippen molar-refractivity contribution in [3.05, 3.63) is 0 Å². The SMILES string of the molecule is CC(=O)NC(CSC(=NO)C(O)P(=O)(O)O)C(=O)O. The highest BCUT2D eigenvalue weighted by Gasteiger charge is 2.33. The number of hydrogen-bond donors (Lipinski definition) is 6. The molecule has 0 radical (unpaired) electrons. The summed E-state index contributed by atoms with van der Waals surface area (Å²) in [5.41, 5.74) is 0. The highest BCUT2D eigenvalue weighted by molar-refractivity contribution is 8.14. The van der Waals surface area contributed by atoms with Crippen molar-refractivity contribution in [2.24, 2.45) is 5.16 Å². The Labute approximate surface area is 111 Å². The molecule has 0 aliphatic heterocycles. The van der Waals surface area contributed by atoms with Crippen LogP contribution in [0.15, 0.2) is 5.16 Å². The molecule has 2 atom stereocenters. The van der Waals surface area contributed by atoms with E-state index in [0.29, 0.717) is 11.8 Å². The number of hydrogen-bond acceptors (Lipinski definition) is 7. The van der Waals surface area contributed by atoms with Crippen LogP contribution in [0.25, 0.3) is 0 Å². The van der Waals surface area contributed by atoms with E-state index in [1.165, 1.54) is 0 Å². The van der Waals surface area contributed by atoms with Gasteiger partial charge in [-0.15, -0.1) is 11.8 Å². The predicted octanol–water partition coefficient (Wildman–Crippen LogP) is -1.41. The summed E-state index contributed by atoms with van der Waals surface area (Å²) in [4.78, 5) is 38.8. The molecule has 0 aromatic carbocycles. The van der Waals surface area contributed by atoms with Crippen molar-refractivity contribution < 1.29 is 39.4 Å². The van der Waals surface area contributed by atoms with Crippen LogP contribution in [0, 0.1) is 0 Å². The zero-order chi connectivity index (χ0) is 15.2. The first-order chi connectivity index (χ1) is 8.59. The Morgan fingerprint density at radius 1 is 1.42 bits per heavy atom. The molecule has 0 aliphatic rings. The van der Waals surface area contributed by atoms with Gasteiger partial charge in [0.25, 0.3) is 0 Å². The van der Waals surface area contributed by atoms with E-state index in [-0.39, 0.29) is 5.75 Å². The molecule has 12 heteroatoms. The monoisotopic (exact) mass is 316 g/mol. The van der Waals surface area contributed by atoms with Gasteiger partial charge in [0.1, 0.15) is 6.04 Å². The zero-order valence-corrected chi connectivity index (χ0v) is 11.3. The molecule has 0 saturated heterocycles. The van der Waals surface area contributed by atoms with Gasteiger partial charge in [0.05, 0.1) is 0 Å². The Kier molecular flexibility index (Phi) is 7.01. The molecule has 0 aromatic rings. The predicted molar refractivity (Wildman–Crippen MR) is 65.0 cm³/mol. The second-order valence-corrected chi connectivity index (χ2v) is 6.01. The van der Waals surface area contributed by atoms with Gasteiger partial charge < -0.3 is 30.5 Å². The second kappa shape index (κ2) is 7.46. The minimum atomic E-state index is -4.93. The van der Waals surface area contributed by atoms with Crippen LogP contribution in [0.5, 0.6) is 0 Å². The fourth-order valence-electron chi connectivity index (χ4n) is 0.888. The Bertz CT molecular complexity index is 421. The number of amides is 1. The number of carbonyl (C=O) groups excluding carboxylic acids is 1. The normalized spacial score (nSPS) is 15.7. The van der Waals surface area contributed by atoms with Crippen LogP contribution in [-0.4, -0.2) is 59.8 Å². The molecular weight excluding hydrogens is 303 g/mol. The molecule has 10 nitrogen and oxygen atoms in total. The lowest BCUT2D eigenvalue weighted by atomic mass is 10.3. The van der Waals surface area contributed by atoms with Crippen molar-refractivity contribution in [2.75, 3.05) is 5.75 Å². The Morgan fingerprint density at radius 3 is 2.26 bits per heavy atom.